The first kappa shape index (κ1) is 14.6. The summed E-state index contributed by atoms with van der Waals surface area (Å²) in [5, 5.41) is 8.54. The van der Waals surface area contributed by atoms with Crippen molar-refractivity contribution in [3.63, 3.8) is 0 Å². The Balaban J connectivity index is 2.01. The van der Waals surface area contributed by atoms with E-state index >= 15 is 0 Å². The lowest BCUT2D eigenvalue weighted by atomic mass is 10.2. The second kappa shape index (κ2) is 6.09. The standard InChI is InChI=1S/C13H17ClN4O2/c1-7(12(19)18-8-3-4-8)17-13(20)9-5-11(15-2)16-6-10(9)14/h5-8H,3-4H2,1-2H3,(H,15,16)(H,17,20)(H,18,19). The van der Waals surface area contributed by atoms with Crippen molar-refractivity contribution in [3.05, 3.63) is 22.8 Å². The first-order valence-electron chi connectivity index (χ1n) is 6.45. The summed E-state index contributed by atoms with van der Waals surface area (Å²) < 4.78 is 0. The van der Waals surface area contributed by atoms with E-state index in [4.69, 9.17) is 11.6 Å². The highest BCUT2D eigenvalue weighted by molar-refractivity contribution is 6.33. The minimum atomic E-state index is -0.606. The molecular weight excluding hydrogens is 280 g/mol. The van der Waals surface area contributed by atoms with Crippen LogP contribution >= 0.6 is 11.6 Å². The Hall–Kier alpha value is -1.82. The molecule has 3 N–H and O–H groups in total. The number of nitrogens with one attached hydrogen (secondary N) is 3. The van der Waals surface area contributed by atoms with E-state index in [0.29, 0.717) is 5.82 Å². The molecule has 0 spiro atoms. The molecule has 1 saturated carbocycles. The Morgan fingerprint density at radius 2 is 2.15 bits per heavy atom. The molecule has 0 aromatic carbocycles. The van der Waals surface area contributed by atoms with Gasteiger partial charge in [-0.2, -0.15) is 0 Å². The largest absolute Gasteiger partial charge is 0.373 e. The minimum absolute atomic E-state index is 0.181. The van der Waals surface area contributed by atoms with Crippen LogP contribution in [-0.4, -0.2) is 35.9 Å². The Kier molecular flexibility index (Phi) is 4.44. The van der Waals surface area contributed by atoms with Gasteiger partial charge in [0.1, 0.15) is 11.9 Å². The molecule has 7 heteroatoms. The third-order valence-corrected chi connectivity index (χ3v) is 3.32. The molecule has 0 aliphatic heterocycles. The number of pyridine rings is 1. The van der Waals surface area contributed by atoms with E-state index in [1.165, 1.54) is 6.20 Å². The lowest BCUT2D eigenvalue weighted by Gasteiger charge is -2.14. The van der Waals surface area contributed by atoms with E-state index in [1.54, 1.807) is 20.0 Å². The van der Waals surface area contributed by atoms with E-state index in [-0.39, 0.29) is 22.5 Å². The zero-order chi connectivity index (χ0) is 14.7. The first-order valence-corrected chi connectivity index (χ1v) is 6.83. The van der Waals surface area contributed by atoms with E-state index in [1.807, 2.05) is 0 Å². The number of nitrogens with zero attached hydrogens (tertiary/aromatic N) is 1. The lowest BCUT2D eigenvalue weighted by molar-refractivity contribution is -0.122. The summed E-state index contributed by atoms with van der Waals surface area (Å²) in [6, 6.07) is 1.20. The number of carbonyl (C=O) groups excluding carboxylic acids is 2. The zero-order valence-corrected chi connectivity index (χ0v) is 12.1. The van der Waals surface area contributed by atoms with Crippen LogP contribution in [0.3, 0.4) is 0 Å². The first-order chi connectivity index (χ1) is 9.51. The average molecular weight is 297 g/mol. The number of halogens is 1. The van der Waals surface area contributed by atoms with Crippen molar-refractivity contribution in [3.8, 4) is 0 Å². The van der Waals surface area contributed by atoms with Gasteiger partial charge in [0.25, 0.3) is 5.91 Å². The van der Waals surface area contributed by atoms with E-state index in [0.717, 1.165) is 12.8 Å². The molecular formula is C13H17ClN4O2. The minimum Gasteiger partial charge on any atom is -0.373 e. The van der Waals surface area contributed by atoms with Gasteiger partial charge in [-0.05, 0) is 25.8 Å². The maximum Gasteiger partial charge on any atom is 0.253 e. The van der Waals surface area contributed by atoms with Gasteiger partial charge in [-0.15, -0.1) is 0 Å². The van der Waals surface area contributed by atoms with Gasteiger partial charge in [-0.3, -0.25) is 9.59 Å². The van der Waals surface area contributed by atoms with Crippen LogP contribution in [0, 0.1) is 0 Å². The average Bonchev–Trinajstić information content (AvgIpc) is 3.23. The summed E-state index contributed by atoms with van der Waals surface area (Å²) in [4.78, 5) is 27.9. The molecule has 0 radical (unpaired) electrons. The Bertz CT molecular complexity index is 531. The van der Waals surface area contributed by atoms with Crippen LogP contribution in [0.1, 0.15) is 30.1 Å². The highest BCUT2D eigenvalue weighted by Gasteiger charge is 2.26. The van der Waals surface area contributed by atoms with Crippen molar-refractivity contribution < 1.29 is 9.59 Å². The van der Waals surface area contributed by atoms with E-state index < -0.39 is 11.9 Å². The maximum atomic E-state index is 12.1. The quantitative estimate of drug-likeness (QED) is 0.762. The van der Waals surface area contributed by atoms with Gasteiger partial charge in [-0.1, -0.05) is 11.6 Å². The molecule has 2 amide bonds. The normalized spacial score (nSPS) is 15.3. The Labute approximate surface area is 122 Å². The molecule has 1 aromatic rings. The number of rotatable bonds is 5. The van der Waals surface area contributed by atoms with Crippen molar-refractivity contribution in [1.82, 2.24) is 15.6 Å². The fourth-order valence-corrected chi connectivity index (χ4v) is 1.83. The molecule has 0 saturated heterocycles. The van der Waals surface area contributed by atoms with Crippen LogP contribution in [0.5, 0.6) is 0 Å². The second-order valence-corrected chi connectivity index (χ2v) is 5.18. The Morgan fingerprint density at radius 3 is 2.75 bits per heavy atom. The van der Waals surface area contributed by atoms with Crippen LogP contribution in [0.2, 0.25) is 5.02 Å². The number of aromatic nitrogens is 1. The SMILES string of the molecule is CNc1cc(C(=O)NC(C)C(=O)NC2CC2)c(Cl)cn1. The molecule has 1 aliphatic rings. The summed E-state index contributed by atoms with van der Waals surface area (Å²) in [7, 11) is 1.70. The third-order valence-electron chi connectivity index (χ3n) is 3.02. The van der Waals surface area contributed by atoms with Gasteiger partial charge in [-0.25, -0.2) is 4.98 Å². The smallest absolute Gasteiger partial charge is 0.253 e. The fourth-order valence-electron chi connectivity index (χ4n) is 1.64. The molecule has 20 heavy (non-hydrogen) atoms. The highest BCUT2D eigenvalue weighted by Crippen LogP contribution is 2.19. The summed E-state index contributed by atoms with van der Waals surface area (Å²) in [6.07, 6.45) is 3.42. The third kappa shape index (κ3) is 3.60. The van der Waals surface area contributed by atoms with Gasteiger partial charge in [0.15, 0.2) is 0 Å². The van der Waals surface area contributed by atoms with Gasteiger partial charge < -0.3 is 16.0 Å². The van der Waals surface area contributed by atoms with Gasteiger partial charge in [0.2, 0.25) is 5.91 Å². The summed E-state index contributed by atoms with van der Waals surface area (Å²) >= 11 is 5.95. The summed E-state index contributed by atoms with van der Waals surface area (Å²) in [5.41, 5.74) is 0.289. The molecule has 1 atom stereocenters. The predicted molar refractivity (Wildman–Crippen MR) is 76.9 cm³/mol. The summed E-state index contributed by atoms with van der Waals surface area (Å²) in [5.74, 6) is -0.0400. The molecule has 2 rings (SSSR count). The van der Waals surface area contributed by atoms with Crippen molar-refractivity contribution in [1.29, 1.82) is 0 Å². The molecule has 0 bridgehead atoms. The molecule has 1 aromatic heterocycles. The number of hydrogen-bond acceptors (Lipinski definition) is 4. The number of carbonyl (C=O) groups is 2. The predicted octanol–water partition coefficient (Wildman–Crippen LogP) is 1.17. The van der Waals surface area contributed by atoms with Crippen LogP contribution < -0.4 is 16.0 Å². The van der Waals surface area contributed by atoms with Crippen molar-refractivity contribution in [2.45, 2.75) is 31.8 Å². The van der Waals surface area contributed by atoms with Gasteiger partial charge in [0, 0.05) is 19.3 Å². The van der Waals surface area contributed by atoms with Gasteiger partial charge >= 0.3 is 0 Å². The topological polar surface area (TPSA) is 83.1 Å². The molecule has 1 unspecified atom stereocenters. The van der Waals surface area contributed by atoms with Crippen LogP contribution in [-0.2, 0) is 4.79 Å². The maximum absolute atomic E-state index is 12.1. The number of hydrogen-bond donors (Lipinski definition) is 3. The fraction of sp³-hybridized carbons (Fsp3) is 0.462. The second-order valence-electron chi connectivity index (χ2n) is 4.78. The molecule has 1 aliphatic carbocycles. The molecule has 108 valence electrons. The van der Waals surface area contributed by atoms with Crippen LogP contribution in [0.25, 0.3) is 0 Å². The number of amides is 2. The van der Waals surface area contributed by atoms with E-state index in [9.17, 15) is 9.59 Å². The number of anilines is 1. The van der Waals surface area contributed by atoms with Gasteiger partial charge in [0.05, 0.1) is 10.6 Å². The van der Waals surface area contributed by atoms with Crippen molar-refractivity contribution >= 4 is 29.2 Å². The van der Waals surface area contributed by atoms with Crippen LogP contribution in [0.4, 0.5) is 5.82 Å². The molecule has 6 nitrogen and oxygen atoms in total. The van der Waals surface area contributed by atoms with Crippen molar-refractivity contribution in [2.24, 2.45) is 0 Å². The molecule has 1 heterocycles. The van der Waals surface area contributed by atoms with E-state index in [2.05, 4.69) is 20.9 Å². The monoisotopic (exact) mass is 296 g/mol. The highest BCUT2D eigenvalue weighted by atomic mass is 35.5. The molecule has 1 fully saturated rings. The lowest BCUT2D eigenvalue weighted by Crippen LogP contribution is -2.45. The Morgan fingerprint density at radius 1 is 1.45 bits per heavy atom. The summed E-state index contributed by atoms with van der Waals surface area (Å²) in [6.45, 7) is 1.64. The van der Waals surface area contributed by atoms with Crippen LogP contribution in [0.15, 0.2) is 12.3 Å². The van der Waals surface area contributed by atoms with Crippen molar-refractivity contribution in [2.75, 3.05) is 12.4 Å². The zero-order valence-electron chi connectivity index (χ0n) is 11.4.